The van der Waals surface area contributed by atoms with E-state index < -0.39 is 15.6 Å². The van der Waals surface area contributed by atoms with Gasteiger partial charge in [0, 0.05) is 6.54 Å². The Kier molecular flexibility index (Phi) is 5.59. The third kappa shape index (κ3) is 4.91. The summed E-state index contributed by atoms with van der Waals surface area (Å²) >= 11 is 0. The molecule has 0 saturated carbocycles. The van der Waals surface area contributed by atoms with Gasteiger partial charge < -0.3 is 19.3 Å². The summed E-state index contributed by atoms with van der Waals surface area (Å²) in [6.07, 6.45) is 0.367. The van der Waals surface area contributed by atoms with Gasteiger partial charge in [0.2, 0.25) is 16.8 Å². The number of benzene rings is 2. The second-order valence-corrected chi connectivity index (χ2v) is 8.51. The maximum absolute atomic E-state index is 12.3. The van der Waals surface area contributed by atoms with Crippen molar-refractivity contribution in [3.8, 4) is 17.2 Å². The van der Waals surface area contributed by atoms with Crippen LogP contribution in [0.25, 0.3) is 0 Å². The van der Waals surface area contributed by atoms with Crippen LogP contribution in [0.4, 0.5) is 0 Å². The van der Waals surface area contributed by atoms with E-state index in [1.165, 1.54) is 0 Å². The lowest BCUT2D eigenvalue weighted by atomic mass is 9.96. The smallest absolute Gasteiger partial charge is 0.231 e. The SMILES string of the molecule is COc1ccc(CCS(=O)(=O)NC[C@@](C)(O)c2ccc3c(c2)OCO3)cc1. The number of nitrogens with one attached hydrogen (secondary N) is 1. The molecular formula is C19H23NO6S. The number of fused-ring (bicyclic) bond motifs is 1. The number of aryl methyl sites for hydroxylation is 1. The molecule has 1 aliphatic heterocycles. The fourth-order valence-electron chi connectivity index (χ4n) is 2.70. The van der Waals surface area contributed by atoms with E-state index in [2.05, 4.69) is 4.72 Å². The molecule has 1 heterocycles. The zero-order valence-electron chi connectivity index (χ0n) is 15.3. The van der Waals surface area contributed by atoms with E-state index in [-0.39, 0.29) is 19.1 Å². The fraction of sp³-hybridized carbons (Fsp3) is 0.368. The molecule has 3 rings (SSSR count). The van der Waals surface area contributed by atoms with Gasteiger partial charge in [-0.1, -0.05) is 18.2 Å². The second kappa shape index (κ2) is 7.75. The predicted molar refractivity (Wildman–Crippen MR) is 101 cm³/mol. The molecule has 0 saturated heterocycles. The van der Waals surface area contributed by atoms with E-state index in [4.69, 9.17) is 14.2 Å². The van der Waals surface area contributed by atoms with E-state index in [0.29, 0.717) is 23.5 Å². The molecule has 0 unspecified atom stereocenters. The van der Waals surface area contributed by atoms with Crippen molar-refractivity contribution in [3.05, 3.63) is 53.6 Å². The van der Waals surface area contributed by atoms with Crippen molar-refractivity contribution in [2.75, 3.05) is 26.2 Å². The molecule has 146 valence electrons. The largest absolute Gasteiger partial charge is 0.497 e. The van der Waals surface area contributed by atoms with Gasteiger partial charge in [0.1, 0.15) is 11.4 Å². The van der Waals surface area contributed by atoms with Crippen LogP contribution in [-0.2, 0) is 22.0 Å². The highest BCUT2D eigenvalue weighted by molar-refractivity contribution is 7.89. The molecular weight excluding hydrogens is 370 g/mol. The van der Waals surface area contributed by atoms with Gasteiger partial charge in [0.15, 0.2) is 11.5 Å². The lowest BCUT2D eigenvalue weighted by Gasteiger charge is -2.24. The molecule has 2 aromatic rings. The van der Waals surface area contributed by atoms with Crippen molar-refractivity contribution in [1.29, 1.82) is 0 Å². The summed E-state index contributed by atoms with van der Waals surface area (Å²) in [6, 6.07) is 12.3. The molecule has 0 fully saturated rings. The third-order valence-corrected chi connectivity index (χ3v) is 5.78. The van der Waals surface area contributed by atoms with E-state index in [9.17, 15) is 13.5 Å². The van der Waals surface area contributed by atoms with Crippen LogP contribution in [0.3, 0.4) is 0 Å². The molecule has 27 heavy (non-hydrogen) atoms. The fourth-order valence-corrected chi connectivity index (χ4v) is 3.85. The lowest BCUT2D eigenvalue weighted by molar-refractivity contribution is 0.0625. The van der Waals surface area contributed by atoms with Gasteiger partial charge in [-0.3, -0.25) is 0 Å². The van der Waals surface area contributed by atoms with E-state index in [1.54, 1.807) is 44.4 Å². The number of ether oxygens (including phenoxy) is 3. The molecule has 0 aromatic heterocycles. The van der Waals surface area contributed by atoms with Gasteiger partial charge >= 0.3 is 0 Å². The number of sulfonamides is 1. The summed E-state index contributed by atoms with van der Waals surface area (Å²) in [5, 5.41) is 10.7. The Labute approximate surface area is 158 Å². The van der Waals surface area contributed by atoms with Crippen molar-refractivity contribution in [3.63, 3.8) is 0 Å². The maximum atomic E-state index is 12.3. The first-order valence-electron chi connectivity index (χ1n) is 8.52. The van der Waals surface area contributed by atoms with E-state index in [0.717, 1.165) is 11.3 Å². The van der Waals surface area contributed by atoms with Crippen molar-refractivity contribution in [2.45, 2.75) is 18.9 Å². The standard InChI is InChI=1S/C19H23NO6S/c1-19(21,15-5-8-17-18(11-15)26-13-25-17)12-20-27(22,23)10-9-14-3-6-16(24-2)7-4-14/h3-8,11,20-21H,9-10,12-13H2,1-2H3/t19-/m1/s1. The van der Waals surface area contributed by atoms with Crippen molar-refractivity contribution < 1.29 is 27.7 Å². The van der Waals surface area contributed by atoms with Crippen LogP contribution in [0, 0.1) is 0 Å². The van der Waals surface area contributed by atoms with Crippen molar-refractivity contribution in [2.24, 2.45) is 0 Å². The molecule has 0 amide bonds. The minimum Gasteiger partial charge on any atom is -0.497 e. The summed E-state index contributed by atoms with van der Waals surface area (Å²) < 4.78 is 42.7. The van der Waals surface area contributed by atoms with Gasteiger partial charge in [-0.25, -0.2) is 13.1 Å². The number of methoxy groups -OCH3 is 1. The van der Waals surface area contributed by atoms with Gasteiger partial charge in [-0.2, -0.15) is 0 Å². The third-order valence-electron chi connectivity index (χ3n) is 4.45. The normalized spacial score (nSPS) is 15.4. The zero-order chi connectivity index (χ0) is 19.5. The Bertz CT molecular complexity index is 893. The molecule has 2 aromatic carbocycles. The quantitative estimate of drug-likeness (QED) is 0.710. The predicted octanol–water partition coefficient (Wildman–Crippen LogP) is 1.79. The molecule has 0 spiro atoms. The molecule has 7 nitrogen and oxygen atoms in total. The highest BCUT2D eigenvalue weighted by atomic mass is 32.2. The molecule has 0 bridgehead atoms. The Hall–Kier alpha value is -2.29. The minimum absolute atomic E-state index is 0.0729. The maximum Gasteiger partial charge on any atom is 0.231 e. The minimum atomic E-state index is -3.55. The van der Waals surface area contributed by atoms with Gasteiger partial charge in [-0.15, -0.1) is 0 Å². The average Bonchev–Trinajstić information content (AvgIpc) is 3.13. The molecule has 1 aliphatic rings. The number of hydrogen-bond acceptors (Lipinski definition) is 6. The molecule has 0 aliphatic carbocycles. The first-order chi connectivity index (χ1) is 12.8. The number of aliphatic hydroxyl groups is 1. The number of hydrogen-bond donors (Lipinski definition) is 2. The lowest BCUT2D eigenvalue weighted by Crippen LogP contribution is -2.39. The van der Waals surface area contributed by atoms with Crippen molar-refractivity contribution in [1.82, 2.24) is 4.72 Å². The van der Waals surface area contributed by atoms with Crippen LogP contribution >= 0.6 is 0 Å². The van der Waals surface area contributed by atoms with Crippen molar-refractivity contribution >= 4 is 10.0 Å². The first-order valence-corrected chi connectivity index (χ1v) is 10.2. The summed E-state index contributed by atoms with van der Waals surface area (Å²) in [4.78, 5) is 0. The highest BCUT2D eigenvalue weighted by Gasteiger charge is 2.27. The van der Waals surface area contributed by atoms with Crippen LogP contribution in [0.5, 0.6) is 17.2 Å². The average molecular weight is 393 g/mol. The summed E-state index contributed by atoms with van der Waals surface area (Å²) in [5.74, 6) is 1.79. The zero-order valence-corrected chi connectivity index (χ0v) is 16.1. The van der Waals surface area contributed by atoms with E-state index >= 15 is 0 Å². The van der Waals surface area contributed by atoms with Crippen LogP contribution < -0.4 is 18.9 Å². The summed E-state index contributed by atoms with van der Waals surface area (Å²) in [5.41, 5.74) is 0.0575. The van der Waals surface area contributed by atoms with E-state index in [1.807, 2.05) is 12.1 Å². The van der Waals surface area contributed by atoms with Crippen LogP contribution in [0.2, 0.25) is 0 Å². The molecule has 2 N–H and O–H groups in total. The Morgan fingerprint density at radius 1 is 1.15 bits per heavy atom. The van der Waals surface area contributed by atoms with Crippen LogP contribution in [0.15, 0.2) is 42.5 Å². The van der Waals surface area contributed by atoms with Gasteiger partial charge in [0.05, 0.1) is 12.9 Å². The summed E-state index contributed by atoms with van der Waals surface area (Å²) in [7, 11) is -1.97. The molecule has 0 radical (unpaired) electrons. The topological polar surface area (TPSA) is 94.1 Å². The Morgan fingerprint density at radius 2 is 1.85 bits per heavy atom. The first kappa shape index (κ1) is 19.5. The molecule has 8 heteroatoms. The monoisotopic (exact) mass is 393 g/mol. The number of rotatable bonds is 8. The van der Waals surface area contributed by atoms with Gasteiger partial charge in [0.25, 0.3) is 0 Å². The Balaban J connectivity index is 1.58. The summed E-state index contributed by atoms with van der Waals surface area (Å²) in [6.45, 7) is 1.55. The highest BCUT2D eigenvalue weighted by Crippen LogP contribution is 2.35. The second-order valence-electron chi connectivity index (χ2n) is 6.58. The van der Waals surface area contributed by atoms with Gasteiger partial charge in [-0.05, 0) is 48.7 Å². The molecule has 1 atom stereocenters. The van der Waals surface area contributed by atoms with Crippen LogP contribution in [0.1, 0.15) is 18.1 Å². The van der Waals surface area contributed by atoms with Crippen LogP contribution in [-0.4, -0.2) is 39.7 Å². The Morgan fingerprint density at radius 3 is 2.56 bits per heavy atom.